The Kier molecular flexibility index (Phi) is 4.26. The number of nitrogens with zero attached hydrogens (tertiary/aromatic N) is 1. The molecule has 0 bridgehead atoms. The quantitative estimate of drug-likeness (QED) is 0.450. The standard InChI is InChI=1S/C15H12BrNO4S/c16-11-5-4-9(6-12(11)17(19)20)8-21-15(18)14-7-10-2-1-3-13(10)22-14/h4-7H,1-3,8H2. The van der Waals surface area contributed by atoms with Gasteiger partial charge in [0.05, 0.1) is 9.40 Å². The van der Waals surface area contributed by atoms with Crippen LogP contribution in [0.2, 0.25) is 0 Å². The zero-order chi connectivity index (χ0) is 15.7. The second-order valence-corrected chi connectivity index (χ2v) is 7.02. The molecule has 1 aliphatic rings. The van der Waals surface area contributed by atoms with Gasteiger partial charge in [0.25, 0.3) is 5.69 Å². The van der Waals surface area contributed by atoms with Gasteiger partial charge in [0, 0.05) is 10.9 Å². The molecule has 1 heterocycles. The van der Waals surface area contributed by atoms with Crippen LogP contribution in [0.5, 0.6) is 0 Å². The van der Waals surface area contributed by atoms with Crippen LogP contribution in [0.25, 0.3) is 0 Å². The van der Waals surface area contributed by atoms with Crippen LogP contribution in [0, 0.1) is 10.1 Å². The molecule has 7 heteroatoms. The van der Waals surface area contributed by atoms with Gasteiger partial charge in [-0.05, 0) is 58.5 Å². The normalized spacial score (nSPS) is 13.0. The Bertz CT molecular complexity index is 734. The molecule has 0 spiro atoms. The summed E-state index contributed by atoms with van der Waals surface area (Å²) in [5, 5.41) is 10.9. The van der Waals surface area contributed by atoms with Gasteiger partial charge in [0.15, 0.2) is 0 Å². The smallest absolute Gasteiger partial charge is 0.348 e. The van der Waals surface area contributed by atoms with Gasteiger partial charge in [-0.15, -0.1) is 11.3 Å². The molecule has 1 aromatic carbocycles. The van der Waals surface area contributed by atoms with Gasteiger partial charge in [-0.1, -0.05) is 6.07 Å². The topological polar surface area (TPSA) is 69.4 Å². The Morgan fingerprint density at radius 2 is 2.18 bits per heavy atom. The third-order valence-corrected chi connectivity index (χ3v) is 5.41. The summed E-state index contributed by atoms with van der Waals surface area (Å²) in [7, 11) is 0. The second-order valence-electron chi connectivity index (χ2n) is 5.03. The van der Waals surface area contributed by atoms with Crippen LogP contribution in [-0.4, -0.2) is 10.9 Å². The highest BCUT2D eigenvalue weighted by atomic mass is 79.9. The van der Waals surface area contributed by atoms with Crippen molar-refractivity contribution in [2.45, 2.75) is 25.9 Å². The minimum Gasteiger partial charge on any atom is -0.457 e. The third kappa shape index (κ3) is 3.05. The van der Waals surface area contributed by atoms with E-state index in [1.165, 1.54) is 27.8 Å². The maximum Gasteiger partial charge on any atom is 0.348 e. The van der Waals surface area contributed by atoms with E-state index in [1.54, 1.807) is 12.1 Å². The molecule has 114 valence electrons. The highest BCUT2D eigenvalue weighted by Gasteiger charge is 2.19. The average Bonchev–Trinajstić information content (AvgIpc) is 3.07. The lowest BCUT2D eigenvalue weighted by Gasteiger charge is -2.04. The number of halogens is 1. The molecule has 0 unspecified atom stereocenters. The molecule has 0 aliphatic heterocycles. The Balaban J connectivity index is 1.68. The van der Waals surface area contributed by atoms with Crippen molar-refractivity contribution in [1.29, 1.82) is 0 Å². The predicted molar refractivity (Wildman–Crippen MR) is 86.3 cm³/mol. The minimum absolute atomic E-state index is 0.0233. The monoisotopic (exact) mass is 381 g/mol. The SMILES string of the molecule is O=C(OCc1ccc(Br)c([N+](=O)[O-])c1)c1cc2c(s1)CCC2. The fourth-order valence-corrected chi connectivity index (χ4v) is 3.98. The average molecular weight is 382 g/mol. The number of nitro benzene ring substituents is 1. The number of carbonyl (C=O) groups excluding carboxylic acids is 1. The van der Waals surface area contributed by atoms with E-state index in [2.05, 4.69) is 15.9 Å². The van der Waals surface area contributed by atoms with E-state index in [4.69, 9.17) is 4.74 Å². The number of aryl methyl sites for hydroxylation is 2. The Labute approximate surface area is 139 Å². The molecule has 0 atom stereocenters. The summed E-state index contributed by atoms with van der Waals surface area (Å²) in [6.45, 7) is 0.0233. The van der Waals surface area contributed by atoms with Crippen LogP contribution in [0.3, 0.4) is 0 Å². The van der Waals surface area contributed by atoms with Crippen molar-refractivity contribution in [2.75, 3.05) is 0 Å². The lowest BCUT2D eigenvalue weighted by atomic mass is 10.2. The van der Waals surface area contributed by atoms with Crippen LogP contribution < -0.4 is 0 Å². The highest BCUT2D eigenvalue weighted by Crippen LogP contribution is 2.31. The van der Waals surface area contributed by atoms with E-state index in [1.807, 2.05) is 6.07 Å². The lowest BCUT2D eigenvalue weighted by molar-refractivity contribution is -0.385. The van der Waals surface area contributed by atoms with Gasteiger partial charge < -0.3 is 4.74 Å². The van der Waals surface area contributed by atoms with Crippen LogP contribution in [0.1, 0.15) is 32.1 Å². The summed E-state index contributed by atoms with van der Waals surface area (Å²) in [4.78, 5) is 24.3. The number of esters is 1. The van der Waals surface area contributed by atoms with Gasteiger partial charge in [-0.25, -0.2) is 4.79 Å². The van der Waals surface area contributed by atoms with Crippen LogP contribution in [0.4, 0.5) is 5.69 Å². The van der Waals surface area contributed by atoms with Crippen LogP contribution in [-0.2, 0) is 24.2 Å². The molecule has 5 nitrogen and oxygen atoms in total. The molecule has 22 heavy (non-hydrogen) atoms. The first kappa shape index (κ1) is 15.2. The number of hydrogen-bond acceptors (Lipinski definition) is 5. The highest BCUT2D eigenvalue weighted by molar-refractivity contribution is 9.10. The molecule has 0 saturated heterocycles. The maximum absolute atomic E-state index is 12.1. The van der Waals surface area contributed by atoms with Gasteiger partial charge >= 0.3 is 5.97 Å². The fourth-order valence-electron chi connectivity index (χ4n) is 2.44. The van der Waals surface area contributed by atoms with Crippen molar-refractivity contribution in [1.82, 2.24) is 0 Å². The van der Waals surface area contributed by atoms with Crippen molar-refractivity contribution >= 4 is 38.9 Å². The maximum atomic E-state index is 12.1. The summed E-state index contributed by atoms with van der Waals surface area (Å²) in [5.74, 6) is -0.370. The van der Waals surface area contributed by atoms with Crippen molar-refractivity contribution in [3.05, 3.63) is 59.7 Å². The molecule has 0 fully saturated rings. The largest absolute Gasteiger partial charge is 0.457 e. The van der Waals surface area contributed by atoms with E-state index in [-0.39, 0.29) is 18.3 Å². The van der Waals surface area contributed by atoms with Gasteiger partial charge in [0.1, 0.15) is 11.5 Å². The number of nitro groups is 1. The van der Waals surface area contributed by atoms with E-state index in [9.17, 15) is 14.9 Å². The molecule has 2 aromatic rings. The summed E-state index contributed by atoms with van der Waals surface area (Å²) >= 11 is 4.61. The number of rotatable bonds is 4. The third-order valence-electron chi connectivity index (χ3n) is 3.52. The summed E-state index contributed by atoms with van der Waals surface area (Å²) in [5.41, 5.74) is 1.80. The zero-order valence-corrected chi connectivity index (χ0v) is 13.9. The number of ether oxygens (including phenoxy) is 1. The summed E-state index contributed by atoms with van der Waals surface area (Å²) in [6, 6.07) is 6.59. The van der Waals surface area contributed by atoms with E-state index in [0.717, 1.165) is 19.3 Å². The van der Waals surface area contributed by atoms with Gasteiger partial charge in [-0.2, -0.15) is 0 Å². The van der Waals surface area contributed by atoms with Crippen molar-refractivity contribution in [3.8, 4) is 0 Å². The number of hydrogen-bond donors (Lipinski definition) is 0. The molecule has 3 rings (SSSR count). The van der Waals surface area contributed by atoms with Crippen LogP contribution >= 0.6 is 27.3 Å². The lowest BCUT2D eigenvalue weighted by Crippen LogP contribution is -2.03. The Morgan fingerprint density at radius 3 is 2.91 bits per heavy atom. The number of carbonyl (C=O) groups is 1. The zero-order valence-electron chi connectivity index (χ0n) is 11.5. The number of fused-ring (bicyclic) bond motifs is 1. The number of thiophene rings is 1. The minimum atomic E-state index is -0.473. The first-order chi connectivity index (χ1) is 10.5. The van der Waals surface area contributed by atoms with E-state index < -0.39 is 4.92 Å². The van der Waals surface area contributed by atoms with E-state index >= 15 is 0 Å². The van der Waals surface area contributed by atoms with E-state index in [0.29, 0.717) is 14.9 Å². The molecule has 0 amide bonds. The molecule has 1 aliphatic carbocycles. The van der Waals surface area contributed by atoms with Gasteiger partial charge in [-0.3, -0.25) is 10.1 Å². The fraction of sp³-hybridized carbons (Fsp3) is 0.267. The number of benzene rings is 1. The molecule has 0 saturated carbocycles. The molecule has 0 N–H and O–H groups in total. The molecular weight excluding hydrogens is 370 g/mol. The van der Waals surface area contributed by atoms with Crippen molar-refractivity contribution in [3.63, 3.8) is 0 Å². The summed E-state index contributed by atoms with van der Waals surface area (Å²) in [6.07, 6.45) is 3.21. The summed E-state index contributed by atoms with van der Waals surface area (Å²) < 4.78 is 5.66. The second kappa shape index (κ2) is 6.18. The first-order valence-electron chi connectivity index (χ1n) is 6.76. The van der Waals surface area contributed by atoms with Crippen LogP contribution in [0.15, 0.2) is 28.7 Å². The molecular formula is C15H12BrNO4S. The first-order valence-corrected chi connectivity index (χ1v) is 8.37. The predicted octanol–water partition coefficient (Wildman–Crippen LogP) is 4.26. The Morgan fingerprint density at radius 1 is 1.36 bits per heavy atom. The van der Waals surface area contributed by atoms with Crippen molar-refractivity contribution in [2.24, 2.45) is 0 Å². The Hall–Kier alpha value is -1.73. The van der Waals surface area contributed by atoms with Gasteiger partial charge in [0.2, 0.25) is 0 Å². The van der Waals surface area contributed by atoms with Crippen molar-refractivity contribution < 1.29 is 14.5 Å². The molecule has 0 radical (unpaired) electrons. The molecule has 1 aromatic heterocycles.